The van der Waals surface area contributed by atoms with E-state index in [0.717, 1.165) is 18.7 Å². The third kappa shape index (κ3) is 7.41. The number of nitrogens with one attached hydrogen (secondary N) is 2. The highest BCUT2D eigenvalue weighted by molar-refractivity contribution is 5.85. The maximum atomic E-state index is 12.2. The van der Waals surface area contributed by atoms with Crippen molar-refractivity contribution in [1.29, 1.82) is 0 Å². The molecular weight excluding hydrogens is 334 g/mol. The first kappa shape index (κ1) is 20.2. The van der Waals surface area contributed by atoms with Gasteiger partial charge in [-0.3, -0.25) is 10.1 Å². The van der Waals surface area contributed by atoms with Gasteiger partial charge in [-0.15, -0.1) is 0 Å². The number of hydrogen-bond acceptors (Lipinski definition) is 5. The van der Waals surface area contributed by atoms with Crippen LogP contribution >= 0.6 is 0 Å². The zero-order valence-electron chi connectivity index (χ0n) is 16.0. The van der Waals surface area contributed by atoms with Gasteiger partial charge >= 0.3 is 6.09 Å². The molecule has 1 aromatic carbocycles. The van der Waals surface area contributed by atoms with Crippen molar-refractivity contribution in [2.24, 2.45) is 0 Å². The van der Waals surface area contributed by atoms with Crippen molar-refractivity contribution in [3.05, 3.63) is 29.8 Å². The van der Waals surface area contributed by atoms with Crippen LogP contribution in [0.5, 0.6) is 0 Å². The Hall–Kier alpha value is -2.12. The average Bonchev–Trinajstić information content (AvgIpc) is 2.51. The van der Waals surface area contributed by atoms with Crippen molar-refractivity contribution in [2.75, 3.05) is 38.6 Å². The van der Waals surface area contributed by atoms with E-state index in [-0.39, 0.29) is 18.4 Å². The van der Waals surface area contributed by atoms with E-state index in [4.69, 9.17) is 9.47 Å². The minimum atomic E-state index is -0.559. The molecule has 0 aliphatic carbocycles. The molecule has 2 N–H and O–H groups in total. The lowest BCUT2D eigenvalue weighted by Gasteiger charge is -2.30. The van der Waals surface area contributed by atoms with Crippen molar-refractivity contribution >= 4 is 17.7 Å². The van der Waals surface area contributed by atoms with Crippen molar-refractivity contribution in [3.63, 3.8) is 0 Å². The van der Waals surface area contributed by atoms with Crippen LogP contribution in [0.1, 0.15) is 26.3 Å². The molecular formula is C19H29N3O4. The fraction of sp³-hybridized carbons (Fsp3) is 0.579. The highest BCUT2D eigenvalue weighted by Crippen LogP contribution is 2.14. The number of hydrogen-bond donors (Lipinski definition) is 2. The molecule has 0 bridgehead atoms. The summed E-state index contributed by atoms with van der Waals surface area (Å²) in [5, 5.41) is 5.59. The van der Waals surface area contributed by atoms with Gasteiger partial charge in [0.1, 0.15) is 5.60 Å². The third-order valence-corrected chi connectivity index (χ3v) is 3.81. The first-order chi connectivity index (χ1) is 12.2. The molecule has 1 aliphatic rings. The zero-order chi connectivity index (χ0) is 19.2. The van der Waals surface area contributed by atoms with Crippen molar-refractivity contribution in [2.45, 2.75) is 38.9 Å². The number of ether oxygens (including phenoxy) is 2. The number of rotatable bonds is 5. The molecule has 0 saturated carbocycles. The molecule has 7 nitrogen and oxygen atoms in total. The Bertz CT molecular complexity index is 627. The topological polar surface area (TPSA) is 79.9 Å². The van der Waals surface area contributed by atoms with Crippen LogP contribution in [-0.2, 0) is 20.7 Å². The number of nitrogens with zero attached hydrogens (tertiary/aromatic N) is 1. The maximum absolute atomic E-state index is 12.2. The predicted octanol–water partition coefficient (Wildman–Crippen LogP) is 2.02. The molecule has 1 aromatic rings. The molecule has 1 heterocycles. The second kappa shape index (κ2) is 9.00. The quantitative estimate of drug-likeness (QED) is 0.837. The van der Waals surface area contributed by atoms with Gasteiger partial charge in [0, 0.05) is 25.3 Å². The van der Waals surface area contributed by atoms with Crippen LogP contribution < -0.4 is 10.6 Å². The fourth-order valence-electron chi connectivity index (χ4n) is 2.65. The fourth-order valence-corrected chi connectivity index (χ4v) is 2.65. The number of carbonyl (C=O) groups excluding carboxylic acids is 2. The number of likely N-dealkylation sites (N-methyl/N-ethyl adjacent to an activating group) is 1. The normalized spacial score (nSPS) is 18.2. The maximum Gasteiger partial charge on any atom is 0.412 e. The Morgan fingerprint density at radius 3 is 2.81 bits per heavy atom. The molecule has 0 unspecified atom stereocenters. The summed E-state index contributed by atoms with van der Waals surface area (Å²) in [6.07, 6.45) is -0.248. The van der Waals surface area contributed by atoms with Crippen molar-refractivity contribution < 1.29 is 19.1 Å². The van der Waals surface area contributed by atoms with E-state index < -0.39 is 11.7 Å². The van der Waals surface area contributed by atoms with Crippen LogP contribution in [0.2, 0.25) is 0 Å². The molecule has 26 heavy (non-hydrogen) atoms. The summed E-state index contributed by atoms with van der Waals surface area (Å²) in [6, 6.07) is 7.19. The van der Waals surface area contributed by atoms with Crippen LogP contribution in [0.4, 0.5) is 10.5 Å². The lowest BCUT2D eigenvalue weighted by Crippen LogP contribution is -2.46. The Morgan fingerprint density at radius 2 is 2.12 bits per heavy atom. The smallest absolute Gasteiger partial charge is 0.412 e. The lowest BCUT2D eigenvalue weighted by atomic mass is 10.1. The minimum absolute atomic E-state index is 0.0258. The largest absolute Gasteiger partial charge is 0.444 e. The highest BCUT2D eigenvalue weighted by Gasteiger charge is 2.19. The molecule has 7 heteroatoms. The first-order valence-electron chi connectivity index (χ1n) is 8.87. The van der Waals surface area contributed by atoms with E-state index >= 15 is 0 Å². The van der Waals surface area contributed by atoms with Gasteiger partial charge in [-0.25, -0.2) is 4.79 Å². The van der Waals surface area contributed by atoms with Crippen molar-refractivity contribution in [3.8, 4) is 0 Å². The summed E-state index contributed by atoms with van der Waals surface area (Å²) in [6.45, 7) is 8.34. The van der Waals surface area contributed by atoms with Crippen LogP contribution in [0.15, 0.2) is 24.3 Å². The summed E-state index contributed by atoms with van der Waals surface area (Å²) in [4.78, 5) is 26.2. The molecule has 2 amide bonds. The molecule has 1 atom stereocenters. The van der Waals surface area contributed by atoms with Gasteiger partial charge in [-0.05, 0) is 45.5 Å². The van der Waals surface area contributed by atoms with Crippen molar-refractivity contribution in [1.82, 2.24) is 10.2 Å². The van der Waals surface area contributed by atoms with Gasteiger partial charge in [0.25, 0.3) is 0 Å². The Balaban J connectivity index is 1.81. The van der Waals surface area contributed by atoms with Gasteiger partial charge in [0.05, 0.1) is 19.1 Å². The lowest BCUT2D eigenvalue weighted by molar-refractivity contribution is -0.121. The van der Waals surface area contributed by atoms with Crippen LogP contribution in [0.3, 0.4) is 0 Å². The first-order valence-corrected chi connectivity index (χ1v) is 8.87. The molecule has 1 saturated heterocycles. The highest BCUT2D eigenvalue weighted by atomic mass is 16.6. The van der Waals surface area contributed by atoms with Gasteiger partial charge in [-0.1, -0.05) is 12.1 Å². The van der Waals surface area contributed by atoms with E-state index in [0.29, 0.717) is 18.8 Å². The van der Waals surface area contributed by atoms with Gasteiger partial charge < -0.3 is 19.7 Å². The molecule has 2 rings (SSSR count). The van der Waals surface area contributed by atoms with Gasteiger partial charge in [-0.2, -0.15) is 0 Å². The summed E-state index contributed by atoms with van der Waals surface area (Å²) >= 11 is 0. The summed E-state index contributed by atoms with van der Waals surface area (Å²) in [5.41, 5.74) is 0.858. The molecule has 0 spiro atoms. The number of morpholine rings is 1. The minimum Gasteiger partial charge on any atom is -0.444 e. The molecule has 1 aliphatic heterocycles. The Morgan fingerprint density at radius 1 is 1.35 bits per heavy atom. The summed E-state index contributed by atoms with van der Waals surface area (Å²) in [7, 11) is 2.04. The molecule has 144 valence electrons. The molecule has 0 radical (unpaired) electrons. The standard InChI is InChI=1S/C19H29N3O4/c1-19(2,3)26-18(24)21-15-7-5-6-14(10-15)11-17(23)20-12-16-13-22(4)8-9-25-16/h5-7,10,16H,8-9,11-13H2,1-4H3,(H,20,23)(H,21,24)/t16-/m1/s1. The van der Waals surface area contributed by atoms with E-state index in [2.05, 4.69) is 15.5 Å². The summed E-state index contributed by atoms with van der Waals surface area (Å²) in [5.74, 6) is -0.0729. The predicted molar refractivity (Wildman–Crippen MR) is 100 cm³/mol. The summed E-state index contributed by atoms with van der Waals surface area (Å²) < 4.78 is 10.9. The van der Waals surface area contributed by atoms with E-state index in [9.17, 15) is 9.59 Å². The van der Waals surface area contributed by atoms with E-state index in [1.165, 1.54) is 0 Å². The Labute approximate surface area is 155 Å². The van der Waals surface area contributed by atoms with Crippen LogP contribution in [0, 0.1) is 0 Å². The van der Waals surface area contributed by atoms with Crippen LogP contribution in [0.25, 0.3) is 0 Å². The SMILES string of the molecule is CN1CCO[C@H](CNC(=O)Cc2cccc(NC(=O)OC(C)(C)C)c2)C1. The number of benzene rings is 1. The zero-order valence-corrected chi connectivity index (χ0v) is 16.0. The number of carbonyl (C=O) groups is 2. The van der Waals surface area contributed by atoms with Crippen LogP contribution in [-0.4, -0.2) is 61.9 Å². The number of amides is 2. The number of anilines is 1. The molecule has 1 fully saturated rings. The van der Waals surface area contributed by atoms with E-state index in [1.807, 2.05) is 13.1 Å². The monoisotopic (exact) mass is 363 g/mol. The molecule has 0 aromatic heterocycles. The van der Waals surface area contributed by atoms with E-state index in [1.54, 1.807) is 39.0 Å². The Kier molecular flexibility index (Phi) is 6.99. The third-order valence-electron chi connectivity index (χ3n) is 3.81. The second-order valence-corrected chi connectivity index (χ2v) is 7.56. The van der Waals surface area contributed by atoms with Gasteiger partial charge in [0.15, 0.2) is 0 Å². The second-order valence-electron chi connectivity index (χ2n) is 7.56. The average molecular weight is 363 g/mol. The van der Waals surface area contributed by atoms with Gasteiger partial charge in [0.2, 0.25) is 5.91 Å².